The van der Waals surface area contributed by atoms with E-state index >= 15 is 0 Å². The van der Waals surface area contributed by atoms with Crippen molar-refractivity contribution in [3.63, 3.8) is 0 Å². The molecule has 0 aromatic heterocycles. The van der Waals surface area contributed by atoms with Crippen LogP contribution >= 0.6 is 11.6 Å². The fourth-order valence-corrected chi connectivity index (χ4v) is 6.22. The fraction of sp³-hybridized carbons (Fsp3) is 0.609. The number of carbonyl (C=O) groups excluding carboxylic acids is 3. The van der Waals surface area contributed by atoms with E-state index in [4.69, 9.17) is 16.3 Å². The molecule has 0 unspecified atom stereocenters. The van der Waals surface area contributed by atoms with E-state index in [9.17, 15) is 27.6 Å². The van der Waals surface area contributed by atoms with Crippen LogP contribution in [-0.2, 0) is 14.3 Å². The summed E-state index contributed by atoms with van der Waals surface area (Å²) < 4.78 is 46.4. The highest BCUT2D eigenvalue weighted by Crippen LogP contribution is 2.75. The lowest BCUT2D eigenvalue weighted by molar-refractivity contribution is -0.354. The lowest BCUT2D eigenvalue weighted by Gasteiger charge is -2.70. The largest absolute Gasteiger partial charge is 0.522 e. The van der Waals surface area contributed by atoms with Crippen LogP contribution in [0.2, 0.25) is 5.02 Å². The number of halogens is 4. The molecular weight excluding hydrogens is 449 g/mol. The van der Waals surface area contributed by atoms with E-state index in [1.54, 1.807) is 12.1 Å². The number of hydrogen-bond acceptors (Lipinski definition) is 5. The number of Topliss-reactive ketones (excluding diaryl/α,β-unsaturated/α-hetero) is 3. The Kier molecular flexibility index (Phi) is 4.98. The van der Waals surface area contributed by atoms with Crippen molar-refractivity contribution in [2.75, 3.05) is 0 Å². The Labute approximate surface area is 187 Å². The summed E-state index contributed by atoms with van der Waals surface area (Å²) in [7, 11) is 0. The molecule has 172 valence electrons. The number of fused-ring (bicyclic) bond motifs is 1. The first-order valence-electron chi connectivity index (χ1n) is 10.8. The van der Waals surface area contributed by atoms with Gasteiger partial charge in [-0.15, -0.1) is 13.2 Å². The Morgan fingerprint density at radius 2 is 1.88 bits per heavy atom. The van der Waals surface area contributed by atoms with Gasteiger partial charge in [0.15, 0.2) is 17.7 Å². The van der Waals surface area contributed by atoms with Crippen LogP contribution in [-0.4, -0.2) is 35.9 Å². The summed E-state index contributed by atoms with van der Waals surface area (Å²) in [6.45, 7) is 0. The predicted octanol–water partition coefficient (Wildman–Crippen LogP) is 5.08. The van der Waals surface area contributed by atoms with Crippen molar-refractivity contribution < 1.29 is 37.0 Å². The van der Waals surface area contributed by atoms with Gasteiger partial charge in [0.25, 0.3) is 0 Å². The Morgan fingerprint density at radius 1 is 1.19 bits per heavy atom. The topological polar surface area (TPSA) is 69.7 Å². The second kappa shape index (κ2) is 7.29. The van der Waals surface area contributed by atoms with Crippen molar-refractivity contribution in [2.24, 2.45) is 16.7 Å². The normalized spacial score (nSPS) is 35.0. The molecule has 0 spiro atoms. The molecule has 1 aromatic rings. The molecule has 2 bridgehead atoms. The highest BCUT2D eigenvalue weighted by atomic mass is 35.5. The van der Waals surface area contributed by atoms with Crippen LogP contribution in [0.25, 0.3) is 0 Å². The van der Waals surface area contributed by atoms with Crippen molar-refractivity contribution in [3.05, 3.63) is 28.8 Å². The predicted molar refractivity (Wildman–Crippen MR) is 106 cm³/mol. The monoisotopic (exact) mass is 470 g/mol. The van der Waals surface area contributed by atoms with Crippen molar-refractivity contribution in [3.8, 4) is 5.75 Å². The third-order valence-electron chi connectivity index (χ3n) is 7.49. The second-order valence-corrected chi connectivity index (χ2v) is 10.4. The van der Waals surface area contributed by atoms with E-state index in [2.05, 4.69) is 4.74 Å². The number of rotatable bonds is 7. The molecule has 6 rings (SSSR count). The molecule has 1 aromatic carbocycles. The first kappa shape index (κ1) is 21.9. The molecule has 0 radical (unpaired) electrons. The molecule has 4 fully saturated rings. The van der Waals surface area contributed by atoms with Gasteiger partial charge in [-0.1, -0.05) is 11.6 Å². The van der Waals surface area contributed by atoms with Crippen LogP contribution in [0, 0.1) is 16.7 Å². The van der Waals surface area contributed by atoms with E-state index in [0.29, 0.717) is 35.6 Å². The number of carbonyl (C=O) groups is 3. The maximum Gasteiger partial charge on any atom is 0.522 e. The minimum Gasteiger partial charge on any atom is -0.481 e. The fourth-order valence-electron chi connectivity index (χ4n) is 6.05. The summed E-state index contributed by atoms with van der Waals surface area (Å²) in [4.78, 5) is 37.9. The molecule has 1 atom stereocenters. The first-order valence-corrected chi connectivity index (χ1v) is 11.1. The van der Waals surface area contributed by atoms with Gasteiger partial charge in [0.05, 0.1) is 18.1 Å². The van der Waals surface area contributed by atoms with E-state index in [1.165, 1.54) is 6.07 Å². The minimum atomic E-state index is -4.63. The smallest absolute Gasteiger partial charge is 0.481 e. The lowest BCUT2D eigenvalue weighted by atomic mass is 9.32. The maximum absolute atomic E-state index is 12.8. The zero-order valence-electron chi connectivity index (χ0n) is 17.2. The highest BCUT2D eigenvalue weighted by Gasteiger charge is 2.71. The third kappa shape index (κ3) is 3.85. The van der Waals surface area contributed by atoms with E-state index in [1.807, 2.05) is 0 Å². The molecule has 0 N–H and O–H groups in total. The second-order valence-electron chi connectivity index (χ2n) is 9.98. The summed E-state index contributed by atoms with van der Waals surface area (Å²) in [5.41, 5.74) is -0.237. The summed E-state index contributed by atoms with van der Waals surface area (Å²) >= 11 is 5.92. The molecule has 4 saturated carbocycles. The van der Waals surface area contributed by atoms with Gasteiger partial charge in [0.2, 0.25) is 0 Å². The van der Waals surface area contributed by atoms with Gasteiger partial charge in [-0.05, 0) is 61.6 Å². The Hall–Kier alpha value is -1.93. The Bertz CT molecular complexity index is 978. The van der Waals surface area contributed by atoms with Crippen LogP contribution in [0.5, 0.6) is 5.75 Å². The molecule has 9 heteroatoms. The number of benzene rings is 1. The van der Waals surface area contributed by atoms with Gasteiger partial charge in [0, 0.05) is 23.3 Å². The quantitative estimate of drug-likeness (QED) is 0.556. The molecule has 0 saturated heterocycles. The molecule has 5 nitrogen and oxygen atoms in total. The average molecular weight is 471 g/mol. The third-order valence-corrected chi connectivity index (χ3v) is 7.72. The van der Waals surface area contributed by atoms with E-state index < -0.39 is 24.0 Å². The maximum atomic E-state index is 12.8. The van der Waals surface area contributed by atoms with Gasteiger partial charge in [-0.3, -0.25) is 19.1 Å². The van der Waals surface area contributed by atoms with Crippen LogP contribution < -0.4 is 4.74 Å². The SMILES string of the molecule is O=C1C[C@H](C(=O)CC23CC(C(=O)CC4CC(OC(F)(F)F)C4)(C2)C3)Oc2ccc(Cl)cc21. The molecule has 1 heterocycles. The van der Waals surface area contributed by atoms with Crippen molar-refractivity contribution in [2.45, 2.75) is 69.9 Å². The summed E-state index contributed by atoms with van der Waals surface area (Å²) in [6.07, 6.45) is -3.36. The van der Waals surface area contributed by atoms with Crippen molar-refractivity contribution in [1.82, 2.24) is 0 Å². The highest BCUT2D eigenvalue weighted by molar-refractivity contribution is 6.31. The number of hydrogen-bond donors (Lipinski definition) is 0. The van der Waals surface area contributed by atoms with Crippen LogP contribution in [0.15, 0.2) is 18.2 Å². The van der Waals surface area contributed by atoms with Crippen LogP contribution in [0.1, 0.15) is 61.7 Å². The molecular formula is C23H22ClF3O5. The average Bonchev–Trinajstić information content (AvgIpc) is 2.60. The molecule has 1 aliphatic heterocycles. The minimum absolute atomic E-state index is 0.0187. The van der Waals surface area contributed by atoms with E-state index in [0.717, 1.165) is 0 Å². The van der Waals surface area contributed by atoms with Gasteiger partial charge in [-0.2, -0.15) is 0 Å². The molecule has 4 aliphatic carbocycles. The van der Waals surface area contributed by atoms with Crippen molar-refractivity contribution >= 4 is 29.0 Å². The van der Waals surface area contributed by atoms with Gasteiger partial charge in [-0.25, -0.2) is 0 Å². The van der Waals surface area contributed by atoms with Gasteiger partial charge >= 0.3 is 6.36 Å². The van der Waals surface area contributed by atoms with Crippen LogP contribution in [0.4, 0.5) is 13.2 Å². The zero-order valence-corrected chi connectivity index (χ0v) is 17.9. The van der Waals surface area contributed by atoms with Gasteiger partial charge in [0.1, 0.15) is 11.5 Å². The summed E-state index contributed by atoms with van der Waals surface area (Å²) in [6, 6.07) is 4.74. The van der Waals surface area contributed by atoms with Crippen LogP contribution in [0.3, 0.4) is 0 Å². The number of ether oxygens (including phenoxy) is 2. The summed E-state index contributed by atoms with van der Waals surface area (Å²) in [5.74, 6) is 0.0888. The first-order chi connectivity index (χ1) is 15.0. The lowest BCUT2D eigenvalue weighted by Crippen LogP contribution is -2.66. The van der Waals surface area contributed by atoms with Crippen molar-refractivity contribution in [1.29, 1.82) is 0 Å². The van der Waals surface area contributed by atoms with Gasteiger partial charge < -0.3 is 4.74 Å². The standard InChI is InChI=1S/C23H22ClF3O5/c24-13-1-2-18-15(6-13)16(28)7-19(31-18)17(29)8-21-9-22(10-21,11-21)20(30)5-12-3-14(4-12)32-23(25,26)27/h1-2,6,12,14,19H,3-5,7-11H2/t12?,14?,19-,21?,22?/m1/s1. The number of ketones is 3. The molecule has 5 aliphatic rings. The molecule has 0 amide bonds. The Morgan fingerprint density at radius 3 is 2.53 bits per heavy atom. The molecule has 32 heavy (non-hydrogen) atoms. The number of alkyl halides is 3. The zero-order chi connectivity index (χ0) is 22.9. The van der Waals surface area contributed by atoms with E-state index in [-0.39, 0.29) is 60.8 Å². The summed E-state index contributed by atoms with van der Waals surface area (Å²) in [5, 5.41) is 0.430. The Balaban J connectivity index is 1.10.